The van der Waals surface area contributed by atoms with E-state index in [4.69, 9.17) is 21.8 Å². The molecule has 0 saturated carbocycles. The lowest BCUT2D eigenvalue weighted by molar-refractivity contribution is -0.384. The third-order valence-corrected chi connectivity index (χ3v) is 4.33. The second-order valence-electron chi connectivity index (χ2n) is 5.17. The predicted molar refractivity (Wildman–Crippen MR) is 103 cm³/mol. The van der Waals surface area contributed by atoms with Crippen LogP contribution in [0.5, 0.6) is 0 Å². The van der Waals surface area contributed by atoms with Gasteiger partial charge in [0.15, 0.2) is 0 Å². The first-order chi connectivity index (χ1) is 12.5. The van der Waals surface area contributed by atoms with Crippen LogP contribution < -0.4 is 4.90 Å². The summed E-state index contributed by atoms with van der Waals surface area (Å²) in [6.45, 7) is 0.780. The number of aliphatic hydroxyl groups is 2. The number of hydrogen-bond acceptors (Lipinski definition) is 7. The quantitative estimate of drug-likeness (QED) is 0.360. The molecule has 0 fully saturated rings. The van der Waals surface area contributed by atoms with Crippen molar-refractivity contribution in [3.05, 3.63) is 56.0 Å². The van der Waals surface area contributed by atoms with E-state index in [1.807, 2.05) is 4.90 Å². The molecule has 2 rings (SSSR count). The first-order valence-corrected chi connectivity index (χ1v) is 8.75. The molecule has 0 heterocycles. The fraction of sp³-hybridized carbons (Fsp3) is 0.250. The van der Waals surface area contributed by atoms with Crippen molar-refractivity contribution in [3.8, 4) is 0 Å². The molecule has 0 saturated heterocycles. The summed E-state index contributed by atoms with van der Waals surface area (Å²) in [5, 5.41) is 37.2. The number of halogens is 2. The number of azo groups is 1. The molecule has 2 aromatic rings. The summed E-state index contributed by atoms with van der Waals surface area (Å²) >= 11 is 9.25. The van der Waals surface area contributed by atoms with E-state index >= 15 is 0 Å². The standard InChI is InChI=1S/C16H16BrClN4O4/c17-14-9-13(22(25)26)10-15(18)16(14)20-19-11-1-3-12(4-2-11)21(5-7-23)6-8-24/h1-4,9-10,23-24H,5-8H2. The zero-order valence-electron chi connectivity index (χ0n) is 13.5. The summed E-state index contributed by atoms with van der Waals surface area (Å²) in [7, 11) is 0. The van der Waals surface area contributed by atoms with Gasteiger partial charge in [0.2, 0.25) is 0 Å². The van der Waals surface area contributed by atoms with Crippen molar-refractivity contribution < 1.29 is 15.1 Å². The van der Waals surface area contributed by atoms with Gasteiger partial charge in [-0.2, -0.15) is 5.11 Å². The predicted octanol–water partition coefficient (Wildman–Crippen LogP) is 4.22. The number of aliphatic hydroxyl groups excluding tert-OH is 2. The average Bonchev–Trinajstić information content (AvgIpc) is 2.61. The fourth-order valence-electron chi connectivity index (χ4n) is 2.20. The molecule has 0 aliphatic heterocycles. The molecule has 0 bridgehead atoms. The van der Waals surface area contributed by atoms with E-state index in [0.29, 0.717) is 28.9 Å². The lowest BCUT2D eigenvalue weighted by atomic mass is 10.2. The molecule has 26 heavy (non-hydrogen) atoms. The molecule has 138 valence electrons. The summed E-state index contributed by atoms with van der Waals surface area (Å²) in [4.78, 5) is 12.1. The summed E-state index contributed by atoms with van der Waals surface area (Å²) < 4.78 is 0.370. The summed E-state index contributed by atoms with van der Waals surface area (Å²) in [5.74, 6) is 0. The molecule has 2 aromatic carbocycles. The maximum Gasteiger partial charge on any atom is 0.272 e. The van der Waals surface area contributed by atoms with Crippen LogP contribution in [0.3, 0.4) is 0 Å². The number of nitrogens with zero attached hydrogens (tertiary/aromatic N) is 4. The molecule has 0 atom stereocenters. The SMILES string of the molecule is O=[N+]([O-])c1cc(Cl)c(N=Nc2ccc(N(CCO)CCO)cc2)c(Br)c1. The molecule has 0 aromatic heterocycles. The largest absolute Gasteiger partial charge is 0.395 e. The Hall–Kier alpha value is -2.07. The monoisotopic (exact) mass is 442 g/mol. The maximum atomic E-state index is 10.8. The lowest BCUT2D eigenvalue weighted by Crippen LogP contribution is -2.29. The summed E-state index contributed by atoms with van der Waals surface area (Å²) in [6.07, 6.45) is 0. The van der Waals surface area contributed by atoms with Crippen LogP contribution >= 0.6 is 27.5 Å². The third kappa shape index (κ3) is 5.21. The summed E-state index contributed by atoms with van der Waals surface area (Å²) in [5.41, 5.74) is 1.55. The molecule has 0 spiro atoms. The smallest absolute Gasteiger partial charge is 0.272 e. The van der Waals surface area contributed by atoms with Gasteiger partial charge in [-0.15, -0.1) is 5.11 Å². The summed E-state index contributed by atoms with van der Waals surface area (Å²) in [6, 6.07) is 9.58. The highest BCUT2D eigenvalue weighted by molar-refractivity contribution is 9.10. The second-order valence-corrected chi connectivity index (χ2v) is 6.43. The highest BCUT2D eigenvalue weighted by Gasteiger charge is 2.14. The number of anilines is 1. The van der Waals surface area contributed by atoms with Gasteiger partial charge >= 0.3 is 0 Å². The topological polar surface area (TPSA) is 112 Å². The molecule has 0 unspecified atom stereocenters. The van der Waals surface area contributed by atoms with Crippen LogP contribution in [0, 0.1) is 10.1 Å². The Labute approximate surface area is 163 Å². The Bertz CT molecular complexity index is 772. The van der Waals surface area contributed by atoms with Gasteiger partial charge in [-0.1, -0.05) is 11.6 Å². The van der Waals surface area contributed by atoms with Gasteiger partial charge in [0.1, 0.15) is 5.69 Å². The first-order valence-electron chi connectivity index (χ1n) is 7.58. The molecule has 0 aliphatic carbocycles. The highest BCUT2D eigenvalue weighted by atomic mass is 79.9. The Kier molecular flexibility index (Phi) is 7.46. The molecule has 0 aliphatic rings. The van der Waals surface area contributed by atoms with Crippen LogP contribution in [0.4, 0.5) is 22.7 Å². The number of hydrogen-bond donors (Lipinski definition) is 2. The van der Waals surface area contributed by atoms with Crippen molar-refractivity contribution in [1.82, 2.24) is 0 Å². The van der Waals surface area contributed by atoms with Gasteiger partial charge in [0.05, 0.1) is 33.3 Å². The lowest BCUT2D eigenvalue weighted by Gasteiger charge is -2.22. The molecular formula is C16H16BrClN4O4. The molecule has 8 nitrogen and oxygen atoms in total. The van der Waals surface area contributed by atoms with Crippen LogP contribution in [-0.4, -0.2) is 41.4 Å². The molecule has 2 N–H and O–H groups in total. The van der Waals surface area contributed by atoms with Crippen LogP contribution in [-0.2, 0) is 0 Å². The van der Waals surface area contributed by atoms with Crippen LogP contribution in [0.1, 0.15) is 0 Å². The minimum Gasteiger partial charge on any atom is -0.395 e. The van der Waals surface area contributed by atoms with Gasteiger partial charge in [0, 0.05) is 30.9 Å². The van der Waals surface area contributed by atoms with E-state index in [2.05, 4.69) is 26.2 Å². The second kappa shape index (κ2) is 9.58. The van der Waals surface area contributed by atoms with Gasteiger partial charge in [-0.25, -0.2) is 0 Å². The Morgan fingerprint density at radius 1 is 1.12 bits per heavy atom. The van der Waals surface area contributed by atoms with Crippen molar-refractivity contribution in [2.75, 3.05) is 31.2 Å². The number of non-ortho nitro benzene ring substituents is 1. The van der Waals surface area contributed by atoms with Crippen molar-refractivity contribution in [1.29, 1.82) is 0 Å². The number of rotatable bonds is 8. The third-order valence-electron chi connectivity index (χ3n) is 3.43. The molecule has 0 radical (unpaired) electrons. The Balaban J connectivity index is 2.20. The number of benzene rings is 2. The van der Waals surface area contributed by atoms with Crippen molar-refractivity contribution in [2.45, 2.75) is 0 Å². The van der Waals surface area contributed by atoms with E-state index in [1.165, 1.54) is 12.1 Å². The van der Waals surface area contributed by atoms with Gasteiger partial charge in [-0.3, -0.25) is 10.1 Å². The zero-order valence-corrected chi connectivity index (χ0v) is 15.9. The van der Waals surface area contributed by atoms with Gasteiger partial charge in [-0.05, 0) is 40.2 Å². The zero-order chi connectivity index (χ0) is 19.1. The Morgan fingerprint density at radius 3 is 2.23 bits per heavy atom. The maximum absolute atomic E-state index is 10.8. The number of nitro groups is 1. The van der Waals surface area contributed by atoms with Crippen LogP contribution in [0.2, 0.25) is 5.02 Å². The normalized spacial score (nSPS) is 11.1. The van der Waals surface area contributed by atoms with Gasteiger partial charge in [0.25, 0.3) is 5.69 Å². The van der Waals surface area contributed by atoms with E-state index in [9.17, 15) is 10.1 Å². The fourth-order valence-corrected chi connectivity index (χ4v) is 3.10. The van der Waals surface area contributed by atoms with Crippen molar-refractivity contribution >= 4 is 50.3 Å². The molecule has 0 amide bonds. The van der Waals surface area contributed by atoms with E-state index in [0.717, 1.165) is 5.69 Å². The van der Waals surface area contributed by atoms with E-state index < -0.39 is 4.92 Å². The molecule has 10 heteroatoms. The minimum absolute atomic E-state index is 0.0197. The van der Waals surface area contributed by atoms with Crippen molar-refractivity contribution in [3.63, 3.8) is 0 Å². The van der Waals surface area contributed by atoms with Crippen LogP contribution in [0.25, 0.3) is 0 Å². The van der Waals surface area contributed by atoms with E-state index in [1.54, 1.807) is 24.3 Å². The van der Waals surface area contributed by atoms with Crippen LogP contribution in [0.15, 0.2) is 51.1 Å². The van der Waals surface area contributed by atoms with E-state index in [-0.39, 0.29) is 23.9 Å². The Morgan fingerprint density at radius 2 is 1.73 bits per heavy atom. The molecular weight excluding hydrogens is 428 g/mol. The first kappa shape index (κ1) is 20.2. The van der Waals surface area contributed by atoms with Crippen molar-refractivity contribution in [2.24, 2.45) is 10.2 Å². The minimum atomic E-state index is -0.541. The average molecular weight is 444 g/mol. The number of nitro benzene ring substituents is 1. The van der Waals surface area contributed by atoms with Gasteiger partial charge < -0.3 is 15.1 Å². The highest BCUT2D eigenvalue weighted by Crippen LogP contribution is 2.38.